The summed E-state index contributed by atoms with van der Waals surface area (Å²) in [7, 11) is 1.82. The first-order valence-electron chi connectivity index (χ1n) is 9.96. The van der Waals surface area contributed by atoms with E-state index in [9.17, 15) is 0 Å². The highest BCUT2D eigenvalue weighted by atomic mass is 16.5. The summed E-state index contributed by atoms with van der Waals surface area (Å²) in [6, 6.07) is 0. The molecule has 1 aliphatic carbocycles. The molecule has 1 fully saturated rings. The summed E-state index contributed by atoms with van der Waals surface area (Å²) >= 11 is 0. The minimum absolute atomic E-state index is 0.312. The molecule has 0 radical (unpaired) electrons. The molecule has 0 bridgehead atoms. The summed E-state index contributed by atoms with van der Waals surface area (Å²) in [6.07, 6.45) is 11.5. The molecule has 0 spiro atoms. The second-order valence-corrected chi connectivity index (χ2v) is 7.38. The summed E-state index contributed by atoms with van der Waals surface area (Å²) in [5.74, 6) is 3.71. The highest BCUT2D eigenvalue weighted by Crippen LogP contribution is 2.28. The van der Waals surface area contributed by atoms with Crippen LogP contribution in [0.3, 0.4) is 0 Å². The van der Waals surface area contributed by atoms with Crippen molar-refractivity contribution in [2.45, 2.75) is 77.6 Å². The maximum Gasteiger partial charge on any atom is 0.226 e. The van der Waals surface area contributed by atoms with Gasteiger partial charge in [-0.15, -0.1) is 0 Å². The zero-order valence-electron chi connectivity index (χ0n) is 16.2. The van der Waals surface area contributed by atoms with Crippen molar-refractivity contribution in [3.8, 4) is 0 Å². The van der Waals surface area contributed by atoms with Crippen molar-refractivity contribution < 1.29 is 4.52 Å². The summed E-state index contributed by atoms with van der Waals surface area (Å²) in [5, 5.41) is 10.7. The van der Waals surface area contributed by atoms with Gasteiger partial charge < -0.3 is 15.2 Å². The van der Waals surface area contributed by atoms with Crippen molar-refractivity contribution in [1.29, 1.82) is 0 Å². The quantitative estimate of drug-likeness (QED) is 0.383. The molecule has 6 heteroatoms. The number of nitrogens with zero attached hydrogens (tertiary/aromatic N) is 3. The molecule has 0 aliphatic heterocycles. The van der Waals surface area contributed by atoms with Gasteiger partial charge in [0.15, 0.2) is 11.8 Å². The zero-order chi connectivity index (χ0) is 17.9. The van der Waals surface area contributed by atoms with Crippen LogP contribution in [0.1, 0.15) is 82.8 Å². The van der Waals surface area contributed by atoms with E-state index >= 15 is 0 Å². The van der Waals surface area contributed by atoms with E-state index in [1.807, 2.05) is 7.05 Å². The van der Waals surface area contributed by atoms with Gasteiger partial charge in [-0.2, -0.15) is 4.98 Å². The van der Waals surface area contributed by atoms with Crippen molar-refractivity contribution >= 4 is 5.96 Å². The van der Waals surface area contributed by atoms with Gasteiger partial charge in [-0.3, -0.25) is 4.99 Å². The number of aliphatic imine (C=N–C) groups is 1. The molecule has 2 N–H and O–H groups in total. The van der Waals surface area contributed by atoms with Crippen LogP contribution < -0.4 is 10.6 Å². The van der Waals surface area contributed by atoms with Crippen LogP contribution in [0.25, 0.3) is 0 Å². The minimum Gasteiger partial charge on any atom is -0.356 e. The van der Waals surface area contributed by atoms with Crippen molar-refractivity contribution in [1.82, 2.24) is 20.8 Å². The van der Waals surface area contributed by atoms with Crippen LogP contribution in [0, 0.1) is 5.92 Å². The molecule has 0 saturated heterocycles. The Morgan fingerprint density at radius 2 is 1.88 bits per heavy atom. The summed E-state index contributed by atoms with van der Waals surface area (Å²) < 4.78 is 5.26. The standard InChI is InChI=1S/C19H35N5O/c1-15(2)18-23-17(25-24-18)12-8-14-22-19(20-3)21-13-7-6-11-16-9-4-5-10-16/h15-16H,4-14H2,1-3H3,(H2,20,21,22). The monoisotopic (exact) mass is 349 g/mol. The van der Waals surface area contributed by atoms with Crippen molar-refractivity contribution in [2.75, 3.05) is 20.1 Å². The highest BCUT2D eigenvalue weighted by molar-refractivity contribution is 5.79. The minimum atomic E-state index is 0.312. The predicted molar refractivity (Wildman–Crippen MR) is 102 cm³/mol. The number of unbranched alkanes of at least 4 members (excludes halogenated alkanes) is 1. The van der Waals surface area contributed by atoms with E-state index in [1.54, 1.807) is 0 Å². The third-order valence-corrected chi connectivity index (χ3v) is 4.89. The lowest BCUT2D eigenvalue weighted by Crippen LogP contribution is -2.38. The highest BCUT2D eigenvalue weighted by Gasteiger charge is 2.14. The van der Waals surface area contributed by atoms with Crippen molar-refractivity contribution in [3.05, 3.63) is 11.7 Å². The van der Waals surface area contributed by atoms with Crippen molar-refractivity contribution in [2.24, 2.45) is 10.9 Å². The molecule has 6 nitrogen and oxygen atoms in total. The molecular weight excluding hydrogens is 314 g/mol. The van der Waals surface area contributed by atoms with Crippen LogP contribution in [0.4, 0.5) is 0 Å². The molecule has 25 heavy (non-hydrogen) atoms. The topological polar surface area (TPSA) is 75.3 Å². The van der Waals surface area contributed by atoms with E-state index in [4.69, 9.17) is 4.52 Å². The molecule has 1 saturated carbocycles. The Balaban J connectivity index is 1.50. The van der Waals surface area contributed by atoms with Crippen LogP contribution >= 0.6 is 0 Å². The van der Waals surface area contributed by atoms with E-state index in [0.29, 0.717) is 5.92 Å². The predicted octanol–water partition coefficient (Wildman–Crippen LogP) is 3.65. The first-order valence-corrected chi connectivity index (χ1v) is 9.96. The smallest absolute Gasteiger partial charge is 0.226 e. The molecule has 2 rings (SSSR count). The van der Waals surface area contributed by atoms with Gasteiger partial charge in [-0.1, -0.05) is 57.5 Å². The van der Waals surface area contributed by atoms with Gasteiger partial charge in [0.25, 0.3) is 0 Å². The van der Waals surface area contributed by atoms with Crippen molar-refractivity contribution in [3.63, 3.8) is 0 Å². The average molecular weight is 350 g/mol. The fraction of sp³-hybridized carbons (Fsp3) is 0.842. The Bertz CT molecular complexity index is 506. The van der Waals surface area contributed by atoms with E-state index in [-0.39, 0.29) is 0 Å². The lowest BCUT2D eigenvalue weighted by atomic mass is 10.0. The van der Waals surface area contributed by atoms with Gasteiger partial charge in [-0.25, -0.2) is 0 Å². The largest absolute Gasteiger partial charge is 0.356 e. The van der Waals surface area contributed by atoms with Gasteiger partial charge in [0.1, 0.15) is 0 Å². The number of hydrogen-bond acceptors (Lipinski definition) is 4. The fourth-order valence-corrected chi connectivity index (χ4v) is 3.33. The SMILES string of the molecule is CN=C(NCCCCC1CCCC1)NCCCc1nc(C(C)C)no1. The number of nitrogens with one attached hydrogen (secondary N) is 2. The first kappa shape index (κ1) is 19.7. The molecule has 0 amide bonds. The second-order valence-electron chi connectivity index (χ2n) is 7.38. The average Bonchev–Trinajstić information content (AvgIpc) is 3.28. The van der Waals surface area contributed by atoms with Crippen LogP contribution in [0.2, 0.25) is 0 Å². The van der Waals surface area contributed by atoms with E-state index in [0.717, 1.165) is 49.5 Å². The number of guanidine groups is 1. The Hall–Kier alpha value is -1.59. The Labute approximate surface area is 152 Å². The van der Waals surface area contributed by atoms with Gasteiger partial charge in [0.2, 0.25) is 5.89 Å². The lowest BCUT2D eigenvalue weighted by molar-refractivity contribution is 0.368. The third kappa shape index (κ3) is 7.45. The molecule has 1 aromatic rings. The van der Waals surface area contributed by atoms with E-state index in [1.165, 1.54) is 44.9 Å². The molecular formula is C19H35N5O. The number of hydrogen-bond donors (Lipinski definition) is 2. The molecule has 1 heterocycles. The molecule has 0 aromatic carbocycles. The summed E-state index contributed by atoms with van der Waals surface area (Å²) in [4.78, 5) is 8.68. The molecule has 1 aromatic heterocycles. The summed E-state index contributed by atoms with van der Waals surface area (Å²) in [6.45, 7) is 5.98. The summed E-state index contributed by atoms with van der Waals surface area (Å²) in [5.41, 5.74) is 0. The Morgan fingerprint density at radius 1 is 1.16 bits per heavy atom. The lowest BCUT2D eigenvalue weighted by Gasteiger charge is -2.12. The van der Waals surface area contributed by atoms with Crippen LogP contribution in [0.5, 0.6) is 0 Å². The first-order chi connectivity index (χ1) is 12.2. The Kier molecular flexibility index (Phi) is 8.77. The number of rotatable bonds is 10. The van der Waals surface area contributed by atoms with Gasteiger partial charge >= 0.3 is 0 Å². The van der Waals surface area contributed by atoms with E-state index < -0.39 is 0 Å². The third-order valence-electron chi connectivity index (χ3n) is 4.89. The van der Waals surface area contributed by atoms with E-state index in [2.05, 4.69) is 39.6 Å². The normalized spacial score (nSPS) is 15.9. The maximum atomic E-state index is 5.26. The van der Waals surface area contributed by atoms with Gasteiger partial charge in [0.05, 0.1) is 0 Å². The van der Waals surface area contributed by atoms with Crippen LogP contribution in [-0.4, -0.2) is 36.2 Å². The number of aromatic nitrogens is 2. The maximum absolute atomic E-state index is 5.26. The second kappa shape index (κ2) is 11.1. The Morgan fingerprint density at radius 3 is 2.52 bits per heavy atom. The van der Waals surface area contributed by atoms with Crippen LogP contribution in [-0.2, 0) is 6.42 Å². The zero-order valence-corrected chi connectivity index (χ0v) is 16.2. The fourth-order valence-electron chi connectivity index (χ4n) is 3.33. The van der Waals surface area contributed by atoms with Gasteiger partial charge in [-0.05, 0) is 18.8 Å². The van der Waals surface area contributed by atoms with Crippen LogP contribution in [0.15, 0.2) is 9.52 Å². The number of aryl methyl sites for hydroxylation is 1. The van der Waals surface area contributed by atoms with Gasteiger partial charge in [0, 0.05) is 32.5 Å². The molecule has 0 atom stereocenters. The molecule has 142 valence electrons. The molecule has 1 aliphatic rings. The molecule has 0 unspecified atom stereocenters.